The van der Waals surface area contributed by atoms with Crippen molar-refractivity contribution in [2.24, 2.45) is 0 Å². The zero-order chi connectivity index (χ0) is 15.1. The molecule has 0 saturated carbocycles. The Morgan fingerprint density at radius 3 is 2.60 bits per heavy atom. The summed E-state index contributed by atoms with van der Waals surface area (Å²) in [4.78, 5) is 11.4. The van der Waals surface area contributed by atoms with E-state index in [1.54, 1.807) is 6.92 Å². The summed E-state index contributed by atoms with van der Waals surface area (Å²) in [6.45, 7) is 1.54. The molecule has 1 aliphatic rings. The number of aliphatic carboxylic acids is 1. The number of rotatable bonds is 3. The smallest absolute Gasteiger partial charge is 0.357 e. The van der Waals surface area contributed by atoms with Gasteiger partial charge in [0.1, 0.15) is 0 Å². The number of carbonyl (C=O) groups is 1. The first-order chi connectivity index (χ1) is 9.34. The zero-order valence-electron chi connectivity index (χ0n) is 10.8. The van der Waals surface area contributed by atoms with Gasteiger partial charge in [-0.2, -0.15) is 0 Å². The highest BCUT2D eigenvalue weighted by Crippen LogP contribution is 2.38. The molecule has 0 bridgehead atoms. The Morgan fingerprint density at radius 1 is 1.45 bits per heavy atom. The van der Waals surface area contributed by atoms with E-state index in [-0.39, 0.29) is 22.8 Å². The predicted molar refractivity (Wildman–Crippen MR) is 72.6 cm³/mol. The second-order valence-electron chi connectivity index (χ2n) is 4.00. The molecule has 0 amide bonds. The van der Waals surface area contributed by atoms with Gasteiger partial charge in [-0.15, -0.1) is 0 Å². The number of methoxy groups -OCH3 is 1. The molecule has 0 aromatic heterocycles. The molecule has 0 unspecified atom stereocenters. The lowest BCUT2D eigenvalue weighted by Crippen LogP contribution is -2.38. The second-order valence-corrected chi connectivity index (χ2v) is 6.26. The van der Waals surface area contributed by atoms with E-state index in [0.717, 1.165) is 4.31 Å². The van der Waals surface area contributed by atoms with Crippen LogP contribution in [0.4, 0.5) is 0 Å². The minimum atomic E-state index is -3.93. The summed E-state index contributed by atoms with van der Waals surface area (Å²) >= 11 is 5.86. The first-order valence-electron chi connectivity index (χ1n) is 5.68. The minimum absolute atomic E-state index is 0.0150. The molecule has 20 heavy (non-hydrogen) atoms. The first-order valence-corrected chi connectivity index (χ1v) is 7.50. The molecule has 0 aliphatic carbocycles. The third kappa shape index (κ3) is 2.03. The Morgan fingerprint density at radius 2 is 2.10 bits per heavy atom. The molecule has 1 heterocycles. The van der Waals surface area contributed by atoms with Gasteiger partial charge in [0, 0.05) is 17.1 Å². The highest BCUT2D eigenvalue weighted by atomic mass is 35.5. The van der Waals surface area contributed by atoms with Crippen LogP contribution < -0.4 is 0 Å². The maximum Gasteiger partial charge on any atom is 0.357 e. The molecular weight excluding hydrogens is 306 g/mol. The van der Waals surface area contributed by atoms with Crippen molar-refractivity contribution in [1.82, 2.24) is 4.31 Å². The van der Waals surface area contributed by atoms with Gasteiger partial charge in [-0.25, -0.2) is 13.2 Å². The fraction of sp³-hybridized carbons (Fsp3) is 0.250. The number of sulfonamides is 1. The largest absolute Gasteiger partial charge is 0.494 e. The fourth-order valence-corrected chi connectivity index (χ4v) is 3.94. The molecule has 1 aromatic rings. The molecule has 2 rings (SSSR count). The van der Waals surface area contributed by atoms with Gasteiger partial charge in [-0.3, -0.25) is 4.31 Å². The minimum Gasteiger partial charge on any atom is -0.494 e. The Balaban J connectivity index is 2.91. The van der Waals surface area contributed by atoms with Gasteiger partial charge in [0.2, 0.25) is 0 Å². The predicted octanol–water partition coefficient (Wildman–Crippen LogP) is 1.76. The molecule has 6 nitrogen and oxygen atoms in total. The summed E-state index contributed by atoms with van der Waals surface area (Å²) < 4.78 is 30.8. The van der Waals surface area contributed by atoms with E-state index in [0.29, 0.717) is 5.02 Å². The Bertz CT molecular complexity index is 711. The molecule has 0 spiro atoms. The number of nitrogens with zero attached hydrogens (tertiary/aromatic N) is 1. The highest BCUT2D eigenvalue weighted by Gasteiger charge is 2.40. The molecule has 1 N–H and O–H groups in total. The zero-order valence-corrected chi connectivity index (χ0v) is 12.3. The van der Waals surface area contributed by atoms with Crippen molar-refractivity contribution >= 4 is 33.4 Å². The van der Waals surface area contributed by atoms with Crippen LogP contribution in [0.3, 0.4) is 0 Å². The van der Waals surface area contributed by atoms with Crippen molar-refractivity contribution < 1.29 is 23.1 Å². The van der Waals surface area contributed by atoms with E-state index in [9.17, 15) is 18.3 Å². The van der Waals surface area contributed by atoms with E-state index in [1.807, 2.05) is 0 Å². The summed E-state index contributed by atoms with van der Waals surface area (Å²) in [5.41, 5.74) is -0.258. The Hall–Kier alpha value is -1.73. The van der Waals surface area contributed by atoms with Crippen molar-refractivity contribution in [2.45, 2.75) is 11.8 Å². The van der Waals surface area contributed by atoms with Crippen LogP contribution >= 0.6 is 11.6 Å². The lowest BCUT2D eigenvalue weighted by Gasteiger charge is -2.30. The lowest BCUT2D eigenvalue weighted by atomic mass is 10.1. The summed E-state index contributed by atoms with van der Waals surface area (Å²) in [5, 5.41) is 9.59. The molecule has 0 fully saturated rings. The number of fused-ring (bicyclic) bond motifs is 1. The van der Waals surface area contributed by atoms with E-state index < -0.39 is 21.7 Å². The third-order valence-corrected chi connectivity index (χ3v) is 5.08. The van der Waals surface area contributed by atoms with E-state index in [2.05, 4.69) is 0 Å². The lowest BCUT2D eigenvalue weighted by molar-refractivity contribution is -0.133. The van der Waals surface area contributed by atoms with Crippen LogP contribution in [0.2, 0.25) is 5.02 Å². The summed E-state index contributed by atoms with van der Waals surface area (Å²) in [5.74, 6) is -1.40. The Labute approximate surface area is 121 Å². The molecular formula is C12H12ClNO5S. The molecule has 1 aromatic carbocycles. The molecule has 108 valence electrons. The summed E-state index contributed by atoms with van der Waals surface area (Å²) in [6.07, 6.45) is 0. The SMILES string of the molecule is CCN1C(C(=O)O)=C(OC)c2cc(Cl)ccc2S1(=O)=O. The average Bonchev–Trinajstić information content (AvgIpc) is 2.37. The van der Waals surface area contributed by atoms with Crippen molar-refractivity contribution in [1.29, 1.82) is 0 Å². The monoisotopic (exact) mass is 317 g/mol. The third-order valence-electron chi connectivity index (χ3n) is 2.91. The fourth-order valence-electron chi connectivity index (χ4n) is 2.12. The molecule has 8 heteroatoms. The van der Waals surface area contributed by atoms with Gasteiger partial charge in [0.05, 0.1) is 12.0 Å². The van der Waals surface area contributed by atoms with Crippen LogP contribution in [0.1, 0.15) is 12.5 Å². The van der Waals surface area contributed by atoms with E-state index in [4.69, 9.17) is 16.3 Å². The maximum atomic E-state index is 12.5. The van der Waals surface area contributed by atoms with Gasteiger partial charge < -0.3 is 9.84 Å². The number of likely N-dealkylation sites (N-methyl/N-ethyl adjacent to an activating group) is 1. The number of halogens is 1. The first kappa shape index (κ1) is 14.7. The molecule has 0 radical (unpaired) electrons. The highest BCUT2D eigenvalue weighted by molar-refractivity contribution is 7.89. The molecule has 1 aliphatic heterocycles. The summed E-state index contributed by atoms with van der Waals surface area (Å²) in [7, 11) is -2.64. The van der Waals surface area contributed by atoms with Crippen LogP contribution in [0.5, 0.6) is 0 Å². The van der Waals surface area contributed by atoms with E-state index >= 15 is 0 Å². The van der Waals surface area contributed by atoms with Crippen molar-refractivity contribution in [3.8, 4) is 0 Å². The number of hydrogen-bond donors (Lipinski definition) is 1. The quantitative estimate of drug-likeness (QED) is 0.918. The van der Waals surface area contributed by atoms with Crippen LogP contribution in [-0.2, 0) is 19.6 Å². The summed E-state index contributed by atoms with van der Waals surface area (Å²) in [6, 6.07) is 4.15. The van der Waals surface area contributed by atoms with Crippen molar-refractivity contribution in [3.63, 3.8) is 0 Å². The standard InChI is InChI=1S/C12H12ClNO5S/c1-3-14-10(12(15)16)11(19-2)8-6-7(13)4-5-9(8)20(14,17)18/h4-6H,3H2,1-2H3,(H,15,16). The molecule has 0 atom stereocenters. The average molecular weight is 318 g/mol. The van der Waals surface area contributed by atoms with Crippen LogP contribution in [-0.4, -0.2) is 37.5 Å². The number of hydrogen-bond acceptors (Lipinski definition) is 4. The second kappa shape index (κ2) is 4.99. The number of benzene rings is 1. The number of carboxylic acid groups (broad SMARTS) is 1. The normalized spacial score (nSPS) is 16.9. The van der Waals surface area contributed by atoms with Gasteiger partial charge in [-0.1, -0.05) is 11.6 Å². The van der Waals surface area contributed by atoms with Crippen molar-refractivity contribution in [3.05, 3.63) is 34.5 Å². The number of carboxylic acids is 1. The van der Waals surface area contributed by atoms with Gasteiger partial charge in [-0.05, 0) is 25.1 Å². The number of ether oxygens (including phenoxy) is 1. The topological polar surface area (TPSA) is 83.9 Å². The Kier molecular flexibility index (Phi) is 3.66. The van der Waals surface area contributed by atoms with Gasteiger partial charge >= 0.3 is 5.97 Å². The van der Waals surface area contributed by atoms with Crippen LogP contribution in [0.25, 0.3) is 5.76 Å². The van der Waals surface area contributed by atoms with Crippen LogP contribution in [0, 0.1) is 0 Å². The van der Waals surface area contributed by atoms with E-state index in [1.165, 1.54) is 25.3 Å². The van der Waals surface area contributed by atoms with Crippen LogP contribution in [0.15, 0.2) is 28.8 Å². The van der Waals surface area contributed by atoms with Gasteiger partial charge in [0.15, 0.2) is 11.5 Å². The van der Waals surface area contributed by atoms with Gasteiger partial charge in [0.25, 0.3) is 10.0 Å². The maximum absolute atomic E-state index is 12.5. The molecule has 0 saturated heterocycles. The van der Waals surface area contributed by atoms with Crippen molar-refractivity contribution in [2.75, 3.05) is 13.7 Å².